The normalized spacial score (nSPS) is 11.2. The Morgan fingerprint density at radius 2 is 1.58 bits per heavy atom. The molecule has 2 rings (SSSR count). The van der Waals surface area contributed by atoms with Crippen LogP contribution in [0.4, 0.5) is 5.69 Å². The second-order valence-corrected chi connectivity index (χ2v) is 4.88. The summed E-state index contributed by atoms with van der Waals surface area (Å²) >= 11 is 0. The maximum absolute atomic E-state index is 4.46. The zero-order chi connectivity index (χ0) is 13.7. The third-order valence-electron chi connectivity index (χ3n) is 3.07. The fraction of sp³-hybridized carbons (Fsp3) is 0.235. The first kappa shape index (κ1) is 13.3. The van der Waals surface area contributed by atoms with Gasteiger partial charge in [0.05, 0.1) is 0 Å². The molecular weight excluding hydrogens is 232 g/mol. The van der Waals surface area contributed by atoms with Gasteiger partial charge in [-0.05, 0) is 35.2 Å². The van der Waals surface area contributed by atoms with E-state index in [2.05, 4.69) is 72.7 Å². The summed E-state index contributed by atoms with van der Waals surface area (Å²) < 4.78 is 0. The molecule has 0 saturated carbocycles. The molecule has 1 heterocycles. The predicted molar refractivity (Wildman–Crippen MR) is 83.2 cm³/mol. The molecule has 0 fully saturated rings. The van der Waals surface area contributed by atoms with Crippen molar-refractivity contribution < 1.29 is 0 Å². The van der Waals surface area contributed by atoms with E-state index >= 15 is 0 Å². The Bertz CT molecular complexity index is 536. The van der Waals surface area contributed by atoms with Crippen molar-refractivity contribution in [1.82, 2.24) is 4.98 Å². The van der Waals surface area contributed by atoms with E-state index in [1.165, 1.54) is 5.56 Å². The van der Waals surface area contributed by atoms with Gasteiger partial charge in [-0.15, -0.1) is 0 Å². The zero-order valence-electron chi connectivity index (χ0n) is 11.7. The fourth-order valence-corrected chi connectivity index (χ4v) is 1.81. The molecule has 0 amide bonds. The van der Waals surface area contributed by atoms with Gasteiger partial charge >= 0.3 is 0 Å². The lowest BCUT2D eigenvalue weighted by Gasteiger charge is -2.03. The van der Waals surface area contributed by atoms with Crippen molar-refractivity contribution in [3.05, 3.63) is 59.4 Å². The summed E-state index contributed by atoms with van der Waals surface area (Å²) in [4.78, 5) is 4.46. The molecule has 1 aromatic heterocycles. The van der Waals surface area contributed by atoms with Crippen LogP contribution >= 0.6 is 0 Å². The van der Waals surface area contributed by atoms with Gasteiger partial charge in [0.15, 0.2) is 0 Å². The molecule has 19 heavy (non-hydrogen) atoms. The molecule has 1 N–H and O–H groups in total. The van der Waals surface area contributed by atoms with Crippen LogP contribution < -0.4 is 5.32 Å². The molecule has 0 radical (unpaired) electrons. The average Bonchev–Trinajstić information content (AvgIpc) is 2.46. The molecule has 0 spiro atoms. The molecule has 2 heteroatoms. The molecule has 0 bridgehead atoms. The van der Waals surface area contributed by atoms with E-state index < -0.39 is 0 Å². The third-order valence-corrected chi connectivity index (χ3v) is 3.07. The molecule has 98 valence electrons. The van der Waals surface area contributed by atoms with Gasteiger partial charge < -0.3 is 5.32 Å². The molecule has 0 aliphatic heterocycles. The smallest absolute Gasteiger partial charge is 0.0429 e. The number of rotatable bonds is 4. The standard InChI is InChI=1S/C17H20N2/c1-13(2)17-11-8-15(12-19-17)5-4-14-6-9-16(18-3)10-7-14/h4-13,18H,1-3H3/b5-4+. The quantitative estimate of drug-likeness (QED) is 0.871. The lowest BCUT2D eigenvalue weighted by Crippen LogP contribution is -1.91. The van der Waals surface area contributed by atoms with E-state index in [1.54, 1.807) is 0 Å². The fourth-order valence-electron chi connectivity index (χ4n) is 1.81. The molecule has 0 unspecified atom stereocenters. The van der Waals surface area contributed by atoms with Gasteiger partial charge in [0.2, 0.25) is 0 Å². The summed E-state index contributed by atoms with van der Waals surface area (Å²) in [6.07, 6.45) is 6.12. The van der Waals surface area contributed by atoms with Crippen LogP contribution in [0.3, 0.4) is 0 Å². The Hall–Kier alpha value is -2.09. The lowest BCUT2D eigenvalue weighted by molar-refractivity contribution is 0.822. The first-order chi connectivity index (χ1) is 9.19. The van der Waals surface area contributed by atoms with Crippen molar-refractivity contribution in [2.24, 2.45) is 0 Å². The van der Waals surface area contributed by atoms with Crippen molar-refractivity contribution in [2.45, 2.75) is 19.8 Å². The molecular formula is C17H20N2. The highest BCUT2D eigenvalue weighted by Crippen LogP contribution is 2.14. The van der Waals surface area contributed by atoms with Crippen molar-refractivity contribution in [2.75, 3.05) is 12.4 Å². The van der Waals surface area contributed by atoms with Gasteiger partial charge in [0, 0.05) is 24.6 Å². The third kappa shape index (κ3) is 3.68. The first-order valence-electron chi connectivity index (χ1n) is 6.61. The number of hydrogen-bond donors (Lipinski definition) is 1. The summed E-state index contributed by atoms with van der Waals surface area (Å²) in [7, 11) is 1.92. The minimum Gasteiger partial charge on any atom is -0.388 e. The predicted octanol–water partition coefficient (Wildman–Crippen LogP) is 4.42. The number of nitrogens with one attached hydrogen (secondary N) is 1. The van der Waals surface area contributed by atoms with Crippen LogP contribution in [0.25, 0.3) is 12.2 Å². The largest absolute Gasteiger partial charge is 0.388 e. The molecule has 0 saturated heterocycles. The second-order valence-electron chi connectivity index (χ2n) is 4.88. The molecule has 0 aliphatic rings. The Morgan fingerprint density at radius 1 is 0.947 bits per heavy atom. The maximum Gasteiger partial charge on any atom is 0.0429 e. The van der Waals surface area contributed by atoms with E-state index in [-0.39, 0.29) is 0 Å². The summed E-state index contributed by atoms with van der Waals surface area (Å²) in [5, 5.41) is 3.11. The van der Waals surface area contributed by atoms with Gasteiger partial charge in [0.25, 0.3) is 0 Å². The number of nitrogens with zero attached hydrogens (tertiary/aromatic N) is 1. The highest BCUT2D eigenvalue weighted by molar-refractivity contribution is 5.70. The molecule has 2 nitrogen and oxygen atoms in total. The Labute approximate surface area is 115 Å². The van der Waals surface area contributed by atoms with Crippen LogP contribution in [-0.2, 0) is 0 Å². The summed E-state index contributed by atoms with van der Waals surface area (Å²) in [6.45, 7) is 4.31. The number of benzene rings is 1. The lowest BCUT2D eigenvalue weighted by atomic mass is 10.1. The molecule has 0 aliphatic carbocycles. The summed E-state index contributed by atoms with van der Waals surface area (Å²) in [5.74, 6) is 0.479. The van der Waals surface area contributed by atoms with Gasteiger partial charge in [0.1, 0.15) is 0 Å². The van der Waals surface area contributed by atoms with Crippen LogP contribution in [0.5, 0.6) is 0 Å². The molecule has 1 aromatic carbocycles. The van der Waals surface area contributed by atoms with E-state index in [0.717, 1.165) is 16.9 Å². The average molecular weight is 252 g/mol. The van der Waals surface area contributed by atoms with Crippen molar-refractivity contribution in [3.8, 4) is 0 Å². The van der Waals surface area contributed by atoms with E-state index in [9.17, 15) is 0 Å². The highest BCUT2D eigenvalue weighted by Gasteiger charge is 1.98. The van der Waals surface area contributed by atoms with Gasteiger partial charge in [-0.25, -0.2) is 0 Å². The number of hydrogen-bond acceptors (Lipinski definition) is 2. The second kappa shape index (κ2) is 6.19. The number of pyridine rings is 1. The molecule has 0 atom stereocenters. The van der Waals surface area contributed by atoms with Crippen LogP contribution in [0.1, 0.15) is 36.6 Å². The van der Waals surface area contributed by atoms with Crippen LogP contribution in [-0.4, -0.2) is 12.0 Å². The zero-order valence-corrected chi connectivity index (χ0v) is 11.7. The van der Waals surface area contributed by atoms with Crippen LogP contribution in [0.2, 0.25) is 0 Å². The summed E-state index contributed by atoms with van der Waals surface area (Å²) in [5.41, 5.74) is 4.57. The van der Waals surface area contributed by atoms with E-state index in [1.807, 2.05) is 13.2 Å². The molecule has 2 aromatic rings. The topological polar surface area (TPSA) is 24.9 Å². The Morgan fingerprint density at radius 3 is 2.11 bits per heavy atom. The summed E-state index contributed by atoms with van der Waals surface area (Å²) in [6, 6.07) is 12.5. The SMILES string of the molecule is CNc1ccc(/C=C/c2ccc(C(C)C)nc2)cc1. The van der Waals surface area contributed by atoms with E-state index in [0.29, 0.717) is 5.92 Å². The van der Waals surface area contributed by atoms with Gasteiger partial charge in [-0.2, -0.15) is 0 Å². The Balaban J connectivity index is 2.08. The Kier molecular flexibility index (Phi) is 4.35. The minimum absolute atomic E-state index is 0.479. The van der Waals surface area contributed by atoms with Crippen molar-refractivity contribution >= 4 is 17.8 Å². The van der Waals surface area contributed by atoms with Crippen LogP contribution in [0.15, 0.2) is 42.6 Å². The maximum atomic E-state index is 4.46. The number of aromatic nitrogens is 1. The number of anilines is 1. The van der Waals surface area contributed by atoms with Crippen molar-refractivity contribution in [3.63, 3.8) is 0 Å². The monoisotopic (exact) mass is 252 g/mol. The first-order valence-corrected chi connectivity index (χ1v) is 6.61. The van der Waals surface area contributed by atoms with Crippen molar-refractivity contribution in [1.29, 1.82) is 0 Å². The van der Waals surface area contributed by atoms with E-state index in [4.69, 9.17) is 0 Å². The minimum atomic E-state index is 0.479. The van der Waals surface area contributed by atoms with Gasteiger partial charge in [-0.3, -0.25) is 4.98 Å². The highest BCUT2D eigenvalue weighted by atomic mass is 14.8. The van der Waals surface area contributed by atoms with Crippen LogP contribution in [0, 0.1) is 0 Å². The van der Waals surface area contributed by atoms with Gasteiger partial charge in [-0.1, -0.05) is 44.2 Å².